The molecule has 3 N–H and O–H groups in total. The van der Waals surface area contributed by atoms with E-state index in [4.69, 9.17) is 10.5 Å². The lowest BCUT2D eigenvalue weighted by Crippen LogP contribution is -2.24. The van der Waals surface area contributed by atoms with Crippen molar-refractivity contribution in [3.05, 3.63) is 28.6 Å². The maximum absolute atomic E-state index is 12.1. The van der Waals surface area contributed by atoms with Crippen LogP contribution in [0.25, 0.3) is 10.1 Å². The number of carbonyl (C=O) groups is 1. The Balaban J connectivity index is 2.04. The number of nitrogens with one attached hydrogen (secondary N) is 1. The summed E-state index contributed by atoms with van der Waals surface area (Å²) in [4.78, 5) is 12.7. The molecule has 0 atom stereocenters. The van der Waals surface area contributed by atoms with E-state index < -0.39 is 0 Å². The Hall–Kier alpha value is -1.59. The average molecular weight is 292 g/mol. The summed E-state index contributed by atoms with van der Waals surface area (Å²) in [6, 6.07) is 6.05. The molecule has 1 aromatic carbocycles. The number of anilines is 1. The Kier molecular flexibility index (Phi) is 4.98. The second-order valence-corrected chi connectivity index (χ2v) is 5.85. The normalized spacial score (nSPS) is 10.9. The number of fused-ring (bicyclic) bond motifs is 1. The molecule has 0 fully saturated rings. The molecular weight excluding hydrogens is 272 g/mol. The summed E-state index contributed by atoms with van der Waals surface area (Å²) < 4.78 is 6.04. The van der Waals surface area contributed by atoms with E-state index in [-0.39, 0.29) is 5.91 Å². The number of benzene rings is 1. The molecule has 0 aliphatic rings. The van der Waals surface area contributed by atoms with Gasteiger partial charge in [0.05, 0.1) is 5.69 Å². The van der Waals surface area contributed by atoms with E-state index in [9.17, 15) is 4.79 Å². The summed E-state index contributed by atoms with van der Waals surface area (Å²) in [5.41, 5.74) is 7.83. The number of hydrogen-bond donors (Lipinski definition) is 2. The van der Waals surface area contributed by atoms with Crippen LogP contribution in [0.4, 0.5) is 5.69 Å². The number of methoxy groups -OCH3 is 1. The van der Waals surface area contributed by atoms with Gasteiger partial charge in [-0.1, -0.05) is 12.1 Å². The van der Waals surface area contributed by atoms with E-state index in [1.165, 1.54) is 16.9 Å². The van der Waals surface area contributed by atoms with Crippen molar-refractivity contribution >= 4 is 33.0 Å². The molecule has 1 heterocycles. The number of hydrogen-bond acceptors (Lipinski definition) is 4. The summed E-state index contributed by atoms with van der Waals surface area (Å²) >= 11 is 1.45. The molecule has 0 spiro atoms. The van der Waals surface area contributed by atoms with Crippen LogP contribution in [0, 0.1) is 6.92 Å². The Morgan fingerprint density at radius 2 is 2.20 bits per heavy atom. The van der Waals surface area contributed by atoms with Crippen molar-refractivity contribution in [1.29, 1.82) is 0 Å². The third kappa shape index (κ3) is 3.29. The highest BCUT2D eigenvalue weighted by molar-refractivity contribution is 7.21. The van der Waals surface area contributed by atoms with Crippen molar-refractivity contribution in [2.75, 3.05) is 26.0 Å². The highest BCUT2D eigenvalue weighted by Crippen LogP contribution is 2.34. The van der Waals surface area contributed by atoms with Gasteiger partial charge in [-0.25, -0.2) is 0 Å². The third-order valence-corrected chi connectivity index (χ3v) is 4.32. The first kappa shape index (κ1) is 14.8. The van der Waals surface area contributed by atoms with Gasteiger partial charge in [-0.15, -0.1) is 11.3 Å². The van der Waals surface area contributed by atoms with Gasteiger partial charge < -0.3 is 15.8 Å². The number of nitrogens with two attached hydrogens (primary N) is 1. The molecule has 0 saturated heterocycles. The van der Waals surface area contributed by atoms with Crippen LogP contribution in [0.3, 0.4) is 0 Å². The Morgan fingerprint density at radius 3 is 2.95 bits per heavy atom. The van der Waals surface area contributed by atoms with Gasteiger partial charge in [0, 0.05) is 30.3 Å². The van der Waals surface area contributed by atoms with Crippen LogP contribution in [0.1, 0.15) is 28.1 Å². The van der Waals surface area contributed by atoms with Gasteiger partial charge in [0.2, 0.25) is 0 Å². The molecule has 2 rings (SSSR count). The summed E-state index contributed by atoms with van der Waals surface area (Å²) in [6.07, 6.45) is 1.85. The average Bonchev–Trinajstić information content (AvgIpc) is 2.75. The lowest BCUT2D eigenvalue weighted by molar-refractivity contribution is 0.0956. The fourth-order valence-corrected chi connectivity index (χ4v) is 3.18. The molecule has 4 nitrogen and oxygen atoms in total. The van der Waals surface area contributed by atoms with Gasteiger partial charge in [0.1, 0.15) is 4.88 Å². The third-order valence-electron chi connectivity index (χ3n) is 3.15. The smallest absolute Gasteiger partial charge is 0.263 e. The van der Waals surface area contributed by atoms with E-state index in [0.717, 1.165) is 29.5 Å². The predicted molar refractivity (Wildman–Crippen MR) is 84.4 cm³/mol. The highest BCUT2D eigenvalue weighted by Gasteiger charge is 2.15. The van der Waals surface area contributed by atoms with Crippen LogP contribution in [-0.2, 0) is 4.74 Å². The zero-order valence-corrected chi connectivity index (χ0v) is 12.7. The van der Waals surface area contributed by atoms with E-state index in [0.29, 0.717) is 17.1 Å². The first-order chi connectivity index (χ1) is 9.63. The van der Waals surface area contributed by atoms with Crippen LogP contribution in [0.2, 0.25) is 0 Å². The number of aryl methyl sites for hydroxylation is 1. The van der Waals surface area contributed by atoms with E-state index in [1.54, 1.807) is 7.11 Å². The topological polar surface area (TPSA) is 64.3 Å². The Labute approximate surface area is 122 Å². The number of amides is 1. The van der Waals surface area contributed by atoms with Crippen LogP contribution < -0.4 is 11.1 Å². The maximum Gasteiger partial charge on any atom is 0.263 e. The monoisotopic (exact) mass is 292 g/mol. The van der Waals surface area contributed by atoms with Crippen LogP contribution in [-0.4, -0.2) is 26.2 Å². The molecule has 0 bridgehead atoms. The van der Waals surface area contributed by atoms with Crippen molar-refractivity contribution in [3.8, 4) is 0 Å². The number of thiophene rings is 1. The number of ether oxygens (including phenoxy) is 1. The second-order valence-electron chi connectivity index (χ2n) is 4.80. The van der Waals surface area contributed by atoms with Gasteiger partial charge in [-0.05, 0) is 31.4 Å². The van der Waals surface area contributed by atoms with Crippen LogP contribution >= 0.6 is 11.3 Å². The van der Waals surface area contributed by atoms with Gasteiger partial charge in [0.25, 0.3) is 5.91 Å². The minimum Gasteiger partial charge on any atom is -0.397 e. The Morgan fingerprint density at radius 1 is 1.40 bits per heavy atom. The van der Waals surface area contributed by atoms with E-state index in [2.05, 4.69) is 11.4 Å². The van der Waals surface area contributed by atoms with Gasteiger partial charge in [0.15, 0.2) is 0 Å². The maximum atomic E-state index is 12.1. The van der Waals surface area contributed by atoms with Crippen molar-refractivity contribution < 1.29 is 9.53 Å². The number of carbonyl (C=O) groups excluding carboxylic acids is 1. The molecule has 5 heteroatoms. The molecule has 2 aromatic rings. The molecule has 0 aliphatic heterocycles. The SMILES string of the molecule is COCCCCNC(=O)c1sc2cc(C)ccc2c1N. The fourth-order valence-electron chi connectivity index (χ4n) is 2.05. The molecule has 0 saturated carbocycles. The van der Waals surface area contributed by atoms with Crippen molar-refractivity contribution in [2.24, 2.45) is 0 Å². The van der Waals surface area contributed by atoms with Crippen LogP contribution in [0.15, 0.2) is 18.2 Å². The van der Waals surface area contributed by atoms with Gasteiger partial charge in [-0.2, -0.15) is 0 Å². The second kappa shape index (κ2) is 6.72. The van der Waals surface area contributed by atoms with Crippen molar-refractivity contribution in [3.63, 3.8) is 0 Å². The fraction of sp³-hybridized carbons (Fsp3) is 0.400. The molecular formula is C15H20N2O2S. The lowest BCUT2D eigenvalue weighted by atomic mass is 10.1. The van der Waals surface area contributed by atoms with E-state index in [1.807, 2.05) is 19.1 Å². The first-order valence-electron chi connectivity index (χ1n) is 6.69. The molecule has 1 aromatic heterocycles. The minimum absolute atomic E-state index is 0.0845. The zero-order valence-electron chi connectivity index (χ0n) is 11.9. The predicted octanol–water partition coefficient (Wildman–Crippen LogP) is 2.95. The molecule has 108 valence electrons. The van der Waals surface area contributed by atoms with Crippen molar-refractivity contribution in [1.82, 2.24) is 5.32 Å². The van der Waals surface area contributed by atoms with Crippen molar-refractivity contribution in [2.45, 2.75) is 19.8 Å². The lowest BCUT2D eigenvalue weighted by Gasteiger charge is -2.04. The number of rotatable bonds is 6. The molecule has 0 radical (unpaired) electrons. The Bertz CT molecular complexity index is 607. The first-order valence-corrected chi connectivity index (χ1v) is 7.51. The molecule has 1 amide bonds. The van der Waals surface area contributed by atoms with E-state index >= 15 is 0 Å². The largest absolute Gasteiger partial charge is 0.397 e. The quantitative estimate of drug-likeness (QED) is 0.805. The van der Waals surface area contributed by atoms with Gasteiger partial charge >= 0.3 is 0 Å². The molecule has 0 unspecified atom stereocenters. The summed E-state index contributed by atoms with van der Waals surface area (Å²) in [6.45, 7) is 3.40. The summed E-state index contributed by atoms with van der Waals surface area (Å²) in [5, 5.41) is 3.87. The molecule has 20 heavy (non-hydrogen) atoms. The zero-order chi connectivity index (χ0) is 14.5. The van der Waals surface area contributed by atoms with Crippen LogP contribution in [0.5, 0.6) is 0 Å². The highest BCUT2D eigenvalue weighted by atomic mass is 32.1. The number of unbranched alkanes of at least 4 members (excludes halogenated alkanes) is 1. The summed E-state index contributed by atoms with van der Waals surface area (Å²) in [5.74, 6) is -0.0845. The molecule has 0 aliphatic carbocycles. The standard InChI is InChI=1S/C15H20N2O2S/c1-10-5-6-11-12(9-10)20-14(13(11)16)15(18)17-7-3-4-8-19-2/h5-6,9H,3-4,7-8,16H2,1-2H3,(H,17,18). The summed E-state index contributed by atoms with van der Waals surface area (Å²) in [7, 11) is 1.68. The number of nitrogen functional groups attached to an aromatic ring is 1. The minimum atomic E-state index is -0.0845. The van der Waals surface area contributed by atoms with Gasteiger partial charge in [-0.3, -0.25) is 4.79 Å².